The van der Waals surface area contributed by atoms with E-state index in [0.717, 1.165) is 12.1 Å². The minimum Gasteiger partial charge on any atom is -0.545 e. The van der Waals surface area contributed by atoms with Gasteiger partial charge in [-0.15, -0.1) is 13.2 Å². The van der Waals surface area contributed by atoms with Gasteiger partial charge < -0.3 is 14.6 Å². The monoisotopic (exact) mass is 272 g/mol. The normalized spacial score (nSPS) is 11.8. The van der Waals surface area contributed by atoms with Crippen LogP contribution in [0.15, 0.2) is 18.2 Å². The van der Waals surface area contributed by atoms with Crippen LogP contribution in [0.2, 0.25) is 0 Å². The van der Waals surface area contributed by atoms with E-state index >= 15 is 0 Å². The fourth-order valence-electron chi connectivity index (χ4n) is 1.33. The number of hydrogen-bond acceptors (Lipinski definition) is 4. The summed E-state index contributed by atoms with van der Waals surface area (Å²) in [5, 5.41) is 19.7. The number of benzene rings is 1. The average Bonchev–Trinajstić information content (AvgIpc) is 2.26. The number of nitriles is 1. The quantitative estimate of drug-likeness (QED) is 0.840. The predicted molar refractivity (Wildman–Crippen MR) is 56.1 cm³/mol. The molecule has 0 aliphatic rings. The van der Waals surface area contributed by atoms with Gasteiger partial charge in [0.1, 0.15) is 5.75 Å². The fourth-order valence-corrected chi connectivity index (χ4v) is 1.33. The summed E-state index contributed by atoms with van der Waals surface area (Å²) in [7, 11) is 0. The van der Waals surface area contributed by atoms with Crippen LogP contribution in [0.5, 0.6) is 5.75 Å². The van der Waals surface area contributed by atoms with Gasteiger partial charge in [0.2, 0.25) is 0 Å². The van der Waals surface area contributed by atoms with Crippen molar-refractivity contribution in [2.75, 3.05) is 0 Å². The highest BCUT2D eigenvalue weighted by molar-refractivity contribution is 5.86. The highest BCUT2D eigenvalue weighted by atomic mass is 19.4. The smallest absolute Gasteiger partial charge is 0.545 e. The van der Waals surface area contributed by atoms with Gasteiger partial charge in [-0.2, -0.15) is 5.26 Å². The predicted octanol–water partition coefficient (Wildman–Crippen LogP) is 1.75. The van der Waals surface area contributed by atoms with Crippen molar-refractivity contribution in [1.29, 1.82) is 5.26 Å². The van der Waals surface area contributed by atoms with Gasteiger partial charge in [0.25, 0.3) is 0 Å². The van der Waals surface area contributed by atoms with Crippen molar-refractivity contribution in [2.45, 2.75) is 25.6 Å². The maximum atomic E-state index is 12.1. The molecule has 0 radical (unpaired) electrons. The number of hydrogen-bond donors (Lipinski definition) is 0. The fraction of sp³-hybridized carbons (Fsp3) is 0.333. The first-order valence-corrected chi connectivity index (χ1v) is 5.09. The van der Waals surface area contributed by atoms with E-state index in [4.69, 9.17) is 5.26 Å². The van der Waals surface area contributed by atoms with Crippen LogP contribution >= 0.6 is 0 Å². The third kappa shape index (κ3) is 3.88. The molecule has 0 amide bonds. The van der Waals surface area contributed by atoms with E-state index < -0.39 is 29.1 Å². The van der Waals surface area contributed by atoms with Crippen LogP contribution in [-0.2, 0) is 5.41 Å². The number of rotatable bonds is 3. The number of alkyl halides is 3. The van der Waals surface area contributed by atoms with Gasteiger partial charge in [-0.25, -0.2) is 0 Å². The van der Waals surface area contributed by atoms with Crippen LogP contribution in [-0.4, -0.2) is 12.3 Å². The van der Waals surface area contributed by atoms with Gasteiger partial charge in [-0.1, -0.05) is 0 Å². The van der Waals surface area contributed by atoms with Crippen LogP contribution in [0, 0.1) is 11.3 Å². The molecule has 0 saturated heterocycles. The van der Waals surface area contributed by atoms with Crippen LogP contribution in [0.1, 0.15) is 29.8 Å². The van der Waals surface area contributed by atoms with Crippen LogP contribution in [0.25, 0.3) is 0 Å². The van der Waals surface area contributed by atoms with Gasteiger partial charge in [0.15, 0.2) is 0 Å². The number of nitrogens with zero attached hydrogens (tertiary/aromatic N) is 1. The Labute approximate surface area is 107 Å². The molecule has 0 heterocycles. The minimum atomic E-state index is -4.95. The molecule has 0 atom stereocenters. The topological polar surface area (TPSA) is 73.1 Å². The standard InChI is InChI=1S/C12H10F3NO3/c1-11(2,6-16)8-3-7(10(17)18)4-9(5-8)19-12(13,14)15/h3-5H,1-2H3,(H,17,18)/p-1. The molecule has 7 heteroatoms. The minimum absolute atomic E-state index is 0.0935. The second-order valence-electron chi connectivity index (χ2n) is 4.32. The summed E-state index contributed by atoms with van der Waals surface area (Å²) < 4.78 is 40.1. The molecule has 0 spiro atoms. The molecule has 0 saturated carbocycles. The zero-order valence-corrected chi connectivity index (χ0v) is 10.0. The molecule has 1 aromatic rings. The van der Waals surface area contributed by atoms with Gasteiger partial charge in [-0.3, -0.25) is 0 Å². The van der Waals surface area contributed by atoms with E-state index in [2.05, 4.69) is 4.74 Å². The molecule has 0 aliphatic carbocycles. The zero-order valence-electron chi connectivity index (χ0n) is 10.0. The maximum absolute atomic E-state index is 12.1. The number of carboxylic acid groups (broad SMARTS) is 1. The Morgan fingerprint density at radius 1 is 1.32 bits per heavy atom. The summed E-state index contributed by atoms with van der Waals surface area (Å²) in [5.74, 6) is -2.35. The highest BCUT2D eigenvalue weighted by Gasteiger charge is 2.32. The highest BCUT2D eigenvalue weighted by Crippen LogP contribution is 2.30. The maximum Gasteiger partial charge on any atom is 0.573 e. The summed E-state index contributed by atoms with van der Waals surface area (Å²) in [4.78, 5) is 10.8. The first kappa shape index (κ1) is 14.8. The first-order valence-electron chi connectivity index (χ1n) is 5.09. The van der Waals surface area contributed by atoms with Crippen molar-refractivity contribution in [3.8, 4) is 11.8 Å². The molecule has 1 rings (SSSR count). The van der Waals surface area contributed by atoms with Crippen molar-refractivity contribution < 1.29 is 27.8 Å². The Morgan fingerprint density at radius 3 is 2.32 bits per heavy atom. The summed E-state index contributed by atoms with van der Waals surface area (Å²) in [6.45, 7) is 2.89. The number of carbonyl (C=O) groups excluding carboxylic acids is 1. The van der Waals surface area contributed by atoms with Gasteiger partial charge in [0, 0.05) is 5.56 Å². The average molecular weight is 272 g/mol. The van der Waals surface area contributed by atoms with E-state index in [-0.39, 0.29) is 5.56 Å². The molecular formula is C12H9F3NO3-. The largest absolute Gasteiger partial charge is 0.573 e. The Morgan fingerprint density at radius 2 is 1.89 bits per heavy atom. The van der Waals surface area contributed by atoms with E-state index in [1.165, 1.54) is 13.8 Å². The second kappa shape index (κ2) is 4.80. The van der Waals surface area contributed by atoms with Gasteiger partial charge in [-0.05, 0) is 37.6 Å². The lowest BCUT2D eigenvalue weighted by Crippen LogP contribution is -2.25. The number of aromatic carboxylic acids is 1. The van der Waals surface area contributed by atoms with E-state index in [0.29, 0.717) is 6.07 Å². The Hall–Kier alpha value is -2.23. The number of carbonyl (C=O) groups is 1. The first-order chi connectivity index (χ1) is 8.55. The molecule has 19 heavy (non-hydrogen) atoms. The van der Waals surface area contributed by atoms with E-state index in [1.54, 1.807) is 0 Å². The third-order valence-corrected chi connectivity index (χ3v) is 2.38. The van der Waals surface area contributed by atoms with Crippen molar-refractivity contribution in [2.24, 2.45) is 0 Å². The van der Waals surface area contributed by atoms with Gasteiger partial charge >= 0.3 is 6.36 Å². The van der Waals surface area contributed by atoms with Crippen LogP contribution in [0.3, 0.4) is 0 Å². The molecule has 0 unspecified atom stereocenters. The Kier molecular flexibility index (Phi) is 3.75. The summed E-state index contributed by atoms with van der Waals surface area (Å²) >= 11 is 0. The van der Waals surface area contributed by atoms with Crippen molar-refractivity contribution >= 4 is 5.97 Å². The van der Waals surface area contributed by atoms with Gasteiger partial charge in [0.05, 0.1) is 17.5 Å². The molecule has 0 fully saturated rings. The lowest BCUT2D eigenvalue weighted by atomic mass is 9.85. The summed E-state index contributed by atoms with van der Waals surface area (Å²) in [6, 6.07) is 4.62. The molecular weight excluding hydrogens is 263 g/mol. The second-order valence-corrected chi connectivity index (χ2v) is 4.32. The summed E-state index contributed by atoms with van der Waals surface area (Å²) in [6.07, 6.45) is -4.95. The van der Waals surface area contributed by atoms with Crippen LogP contribution < -0.4 is 9.84 Å². The number of carboxylic acids is 1. The van der Waals surface area contributed by atoms with Crippen molar-refractivity contribution in [1.82, 2.24) is 0 Å². The molecule has 102 valence electrons. The molecule has 0 N–H and O–H groups in total. The Balaban J connectivity index is 3.35. The molecule has 4 nitrogen and oxygen atoms in total. The zero-order chi connectivity index (χ0) is 14.8. The van der Waals surface area contributed by atoms with Crippen molar-refractivity contribution in [3.63, 3.8) is 0 Å². The third-order valence-electron chi connectivity index (χ3n) is 2.38. The van der Waals surface area contributed by atoms with Crippen molar-refractivity contribution in [3.05, 3.63) is 29.3 Å². The lowest BCUT2D eigenvalue weighted by Gasteiger charge is -2.19. The number of ether oxygens (including phenoxy) is 1. The van der Waals surface area contributed by atoms with Crippen LogP contribution in [0.4, 0.5) is 13.2 Å². The SMILES string of the molecule is CC(C)(C#N)c1cc(OC(F)(F)F)cc(C(=O)[O-])c1. The molecule has 0 aromatic heterocycles. The van der Waals surface area contributed by atoms with E-state index in [1.807, 2.05) is 6.07 Å². The lowest BCUT2D eigenvalue weighted by molar-refractivity contribution is -0.275. The number of halogens is 3. The molecule has 0 aliphatic heterocycles. The van der Waals surface area contributed by atoms with E-state index in [9.17, 15) is 23.1 Å². The Bertz CT molecular complexity index is 544. The molecule has 0 bridgehead atoms. The summed E-state index contributed by atoms with van der Waals surface area (Å²) in [5.41, 5.74) is -1.55. The molecule has 1 aromatic carbocycles.